The van der Waals surface area contributed by atoms with Crippen LogP contribution in [0.1, 0.15) is 26.5 Å². The number of hydrogen-bond donors (Lipinski definition) is 1. The van der Waals surface area contributed by atoms with Crippen molar-refractivity contribution in [2.75, 3.05) is 0 Å². The van der Waals surface area contributed by atoms with Crippen LogP contribution in [0.5, 0.6) is 5.75 Å². The topological polar surface area (TPSA) is 25.2 Å². The fraction of sp³-hybridized carbons (Fsp3) is 0.429. The molecule has 2 nitrogen and oxygen atoms in total. The first-order chi connectivity index (χ1) is 7.63. The van der Waals surface area contributed by atoms with Crippen LogP contribution in [0.3, 0.4) is 0 Å². The van der Waals surface area contributed by atoms with E-state index in [2.05, 4.69) is 37.5 Å². The van der Waals surface area contributed by atoms with Crippen molar-refractivity contribution in [1.29, 1.82) is 0 Å². The second-order valence-electron chi connectivity index (χ2n) is 4.69. The molecule has 2 aromatic rings. The third-order valence-corrected chi connectivity index (χ3v) is 2.94. The van der Waals surface area contributed by atoms with Gasteiger partial charge in [0.2, 0.25) is 0 Å². The van der Waals surface area contributed by atoms with E-state index >= 15 is 0 Å². The van der Waals surface area contributed by atoms with Gasteiger partial charge in [-0.05, 0) is 37.5 Å². The Balaban J connectivity index is 2.61. The largest absolute Gasteiger partial charge is 0.507 e. The molecule has 0 fully saturated rings. The summed E-state index contributed by atoms with van der Waals surface area (Å²) >= 11 is 0. The standard InChI is InChI=1S/C14H19NO/c1-4-15-11(8-10(2)3)9-12-13(15)6-5-7-14(12)16/h5-7,9-10,16H,4,8H2,1-3H3. The van der Waals surface area contributed by atoms with E-state index in [9.17, 15) is 5.11 Å². The lowest BCUT2D eigenvalue weighted by atomic mass is 10.1. The number of rotatable bonds is 3. The molecule has 0 bridgehead atoms. The van der Waals surface area contributed by atoms with E-state index in [1.807, 2.05) is 6.07 Å². The van der Waals surface area contributed by atoms with Crippen LogP contribution < -0.4 is 0 Å². The van der Waals surface area contributed by atoms with Gasteiger partial charge in [0.25, 0.3) is 0 Å². The molecule has 2 rings (SSSR count). The molecule has 0 saturated carbocycles. The van der Waals surface area contributed by atoms with E-state index in [0.717, 1.165) is 23.9 Å². The van der Waals surface area contributed by atoms with Gasteiger partial charge >= 0.3 is 0 Å². The number of aromatic nitrogens is 1. The van der Waals surface area contributed by atoms with Gasteiger partial charge < -0.3 is 9.67 Å². The minimum absolute atomic E-state index is 0.384. The normalized spacial score (nSPS) is 11.5. The van der Waals surface area contributed by atoms with Crippen LogP contribution in [0.2, 0.25) is 0 Å². The van der Waals surface area contributed by atoms with E-state index in [1.165, 1.54) is 5.69 Å². The number of hydrogen-bond acceptors (Lipinski definition) is 1. The highest BCUT2D eigenvalue weighted by Gasteiger charge is 2.10. The summed E-state index contributed by atoms with van der Waals surface area (Å²) in [6.45, 7) is 7.54. The molecule has 0 saturated heterocycles. The van der Waals surface area contributed by atoms with Crippen molar-refractivity contribution in [3.05, 3.63) is 30.0 Å². The van der Waals surface area contributed by atoms with Gasteiger partial charge in [-0.2, -0.15) is 0 Å². The van der Waals surface area contributed by atoms with Crippen LogP contribution in [0.4, 0.5) is 0 Å². The SMILES string of the molecule is CCn1c(CC(C)C)cc2c(O)cccc21. The molecule has 86 valence electrons. The van der Waals surface area contributed by atoms with E-state index in [-0.39, 0.29) is 0 Å². The molecule has 1 N–H and O–H groups in total. The summed E-state index contributed by atoms with van der Waals surface area (Å²) in [5, 5.41) is 10.8. The van der Waals surface area contributed by atoms with Gasteiger partial charge in [-0.25, -0.2) is 0 Å². The van der Waals surface area contributed by atoms with E-state index < -0.39 is 0 Å². The minimum Gasteiger partial charge on any atom is -0.507 e. The van der Waals surface area contributed by atoms with Crippen LogP contribution >= 0.6 is 0 Å². The second kappa shape index (κ2) is 4.20. The number of aromatic hydroxyl groups is 1. The molecule has 1 aromatic heterocycles. The van der Waals surface area contributed by atoms with Gasteiger partial charge in [0.05, 0.1) is 5.52 Å². The third-order valence-electron chi connectivity index (χ3n) is 2.94. The summed E-state index contributed by atoms with van der Waals surface area (Å²) in [7, 11) is 0. The molecule has 0 atom stereocenters. The number of fused-ring (bicyclic) bond motifs is 1. The van der Waals surface area contributed by atoms with E-state index in [1.54, 1.807) is 6.07 Å². The third kappa shape index (κ3) is 1.80. The second-order valence-corrected chi connectivity index (χ2v) is 4.69. The van der Waals surface area contributed by atoms with Crippen LogP contribution in [0, 0.1) is 5.92 Å². The first kappa shape index (κ1) is 11.1. The quantitative estimate of drug-likeness (QED) is 0.835. The molecule has 16 heavy (non-hydrogen) atoms. The highest BCUT2D eigenvalue weighted by atomic mass is 16.3. The Morgan fingerprint density at radius 2 is 2.06 bits per heavy atom. The Kier molecular flexibility index (Phi) is 2.90. The molecule has 0 aliphatic carbocycles. The Hall–Kier alpha value is -1.44. The first-order valence-corrected chi connectivity index (χ1v) is 5.93. The summed E-state index contributed by atoms with van der Waals surface area (Å²) in [5.41, 5.74) is 2.45. The molecule has 0 aliphatic rings. The average molecular weight is 217 g/mol. The first-order valence-electron chi connectivity index (χ1n) is 5.93. The number of aryl methyl sites for hydroxylation is 1. The fourth-order valence-corrected chi connectivity index (χ4v) is 2.28. The number of benzene rings is 1. The molecular weight excluding hydrogens is 198 g/mol. The minimum atomic E-state index is 0.384. The lowest BCUT2D eigenvalue weighted by Crippen LogP contribution is -2.03. The molecule has 1 aromatic carbocycles. The van der Waals surface area contributed by atoms with Crippen LogP contribution in [0.25, 0.3) is 10.9 Å². The van der Waals surface area contributed by atoms with Gasteiger partial charge in [-0.1, -0.05) is 19.9 Å². The Bertz CT molecular complexity index is 497. The maximum Gasteiger partial charge on any atom is 0.124 e. The van der Waals surface area contributed by atoms with Crippen molar-refractivity contribution >= 4 is 10.9 Å². The predicted octanol–water partition coefficient (Wildman–Crippen LogP) is 3.57. The summed E-state index contributed by atoms with van der Waals surface area (Å²) in [5.74, 6) is 1.02. The van der Waals surface area contributed by atoms with Gasteiger partial charge in [-0.15, -0.1) is 0 Å². The van der Waals surface area contributed by atoms with Crippen molar-refractivity contribution in [3.8, 4) is 5.75 Å². The predicted molar refractivity (Wildman–Crippen MR) is 67.8 cm³/mol. The maximum atomic E-state index is 9.83. The zero-order valence-corrected chi connectivity index (χ0v) is 10.2. The van der Waals surface area contributed by atoms with Crippen molar-refractivity contribution in [1.82, 2.24) is 4.57 Å². The Labute approximate surface area is 96.5 Å². The molecule has 0 radical (unpaired) electrons. The zero-order chi connectivity index (χ0) is 11.7. The lowest BCUT2D eigenvalue weighted by Gasteiger charge is -2.09. The molecular formula is C14H19NO. The van der Waals surface area contributed by atoms with Crippen molar-refractivity contribution < 1.29 is 5.11 Å². The average Bonchev–Trinajstić information content (AvgIpc) is 2.56. The molecule has 1 heterocycles. The molecule has 0 aliphatic heterocycles. The highest BCUT2D eigenvalue weighted by Crippen LogP contribution is 2.28. The summed E-state index contributed by atoms with van der Waals surface area (Å²) in [6.07, 6.45) is 1.06. The Morgan fingerprint density at radius 1 is 1.31 bits per heavy atom. The summed E-state index contributed by atoms with van der Waals surface area (Å²) in [6, 6.07) is 7.85. The van der Waals surface area contributed by atoms with Crippen molar-refractivity contribution in [2.24, 2.45) is 5.92 Å². The van der Waals surface area contributed by atoms with Crippen molar-refractivity contribution in [3.63, 3.8) is 0 Å². The number of phenols is 1. The van der Waals surface area contributed by atoms with E-state index in [0.29, 0.717) is 11.7 Å². The molecule has 2 heteroatoms. The number of nitrogens with zero attached hydrogens (tertiary/aromatic N) is 1. The van der Waals surface area contributed by atoms with Gasteiger partial charge in [0.15, 0.2) is 0 Å². The monoisotopic (exact) mass is 217 g/mol. The Morgan fingerprint density at radius 3 is 2.69 bits per heavy atom. The maximum absolute atomic E-state index is 9.83. The fourth-order valence-electron chi connectivity index (χ4n) is 2.28. The van der Waals surface area contributed by atoms with E-state index in [4.69, 9.17) is 0 Å². The summed E-state index contributed by atoms with van der Waals surface area (Å²) in [4.78, 5) is 0. The van der Waals surface area contributed by atoms with Gasteiger partial charge in [0, 0.05) is 17.6 Å². The number of phenolic OH excluding ortho intramolecular Hbond substituents is 1. The smallest absolute Gasteiger partial charge is 0.124 e. The van der Waals surface area contributed by atoms with Crippen molar-refractivity contribution in [2.45, 2.75) is 33.7 Å². The summed E-state index contributed by atoms with van der Waals surface area (Å²) < 4.78 is 2.29. The van der Waals surface area contributed by atoms with Crippen LogP contribution in [-0.4, -0.2) is 9.67 Å². The zero-order valence-electron chi connectivity index (χ0n) is 10.2. The molecule has 0 amide bonds. The highest BCUT2D eigenvalue weighted by molar-refractivity contribution is 5.87. The van der Waals surface area contributed by atoms with Gasteiger partial charge in [0.1, 0.15) is 5.75 Å². The lowest BCUT2D eigenvalue weighted by molar-refractivity contribution is 0.481. The molecule has 0 unspecified atom stereocenters. The van der Waals surface area contributed by atoms with Gasteiger partial charge in [-0.3, -0.25) is 0 Å². The van der Waals surface area contributed by atoms with Crippen LogP contribution in [-0.2, 0) is 13.0 Å². The van der Waals surface area contributed by atoms with Crippen LogP contribution in [0.15, 0.2) is 24.3 Å². The molecule has 0 spiro atoms.